The third-order valence-corrected chi connectivity index (χ3v) is 4.28. The number of halogens is 1. The fourth-order valence-corrected chi connectivity index (χ4v) is 3.18. The topological polar surface area (TPSA) is 12.0 Å². The van der Waals surface area contributed by atoms with Crippen LogP contribution in [0.1, 0.15) is 51.0 Å². The molecule has 0 aromatic heterocycles. The Morgan fingerprint density at radius 3 is 2.68 bits per heavy atom. The van der Waals surface area contributed by atoms with Crippen LogP contribution in [-0.4, -0.2) is 12.6 Å². The molecular formula is C17H26FN. The molecule has 0 unspecified atom stereocenters. The van der Waals surface area contributed by atoms with E-state index in [0.29, 0.717) is 6.04 Å². The summed E-state index contributed by atoms with van der Waals surface area (Å²) in [6, 6.07) is 7.62. The lowest BCUT2D eigenvalue weighted by Crippen LogP contribution is -2.34. The van der Waals surface area contributed by atoms with Gasteiger partial charge in [-0.25, -0.2) is 4.39 Å². The summed E-state index contributed by atoms with van der Waals surface area (Å²) in [5.74, 6) is 0.837. The number of hydrogen-bond donors (Lipinski definition) is 1. The van der Waals surface area contributed by atoms with E-state index in [1.165, 1.54) is 44.6 Å². The molecule has 0 saturated heterocycles. The maximum atomic E-state index is 13.0. The molecule has 0 bridgehead atoms. The largest absolute Gasteiger partial charge is 0.314 e. The number of nitrogens with one attached hydrogen (secondary N) is 1. The van der Waals surface area contributed by atoms with E-state index in [1.54, 1.807) is 12.1 Å². The van der Waals surface area contributed by atoms with Gasteiger partial charge in [0.25, 0.3) is 0 Å². The van der Waals surface area contributed by atoms with Gasteiger partial charge in [-0.2, -0.15) is 0 Å². The summed E-state index contributed by atoms with van der Waals surface area (Å²) in [6.45, 7) is 3.25. The third-order valence-electron chi connectivity index (χ3n) is 4.28. The molecule has 1 aromatic rings. The van der Waals surface area contributed by atoms with Crippen molar-refractivity contribution in [1.29, 1.82) is 0 Å². The Labute approximate surface area is 116 Å². The van der Waals surface area contributed by atoms with Crippen molar-refractivity contribution in [2.45, 2.75) is 57.9 Å². The predicted molar refractivity (Wildman–Crippen MR) is 78.8 cm³/mol. The Morgan fingerprint density at radius 2 is 2.00 bits per heavy atom. The molecule has 1 nitrogen and oxygen atoms in total. The second-order valence-corrected chi connectivity index (χ2v) is 5.84. The summed E-state index contributed by atoms with van der Waals surface area (Å²) in [4.78, 5) is 0. The van der Waals surface area contributed by atoms with Crippen molar-refractivity contribution in [3.63, 3.8) is 0 Å². The van der Waals surface area contributed by atoms with E-state index in [2.05, 4.69) is 12.2 Å². The lowest BCUT2D eigenvalue weighted by molar-refractivity contribution is 0.279. The average molecular weight is 263 g/mol. The molecule has 106 valence electrons. The average Bonchev–Trinajstić information content (AvgIpc) is 2.41. The summed E-state index contributed by atoms with van der Waals surface area (Å²) < 4.78 is 13.0. The van der Waals surface area contributed by atoms with Gasteiger partial charge in [0.1, 0.15) is 5.82 Å². The number of benzene rings is 1. The van der Waals surface area contributed by atoms with Crippen LogP contribution in [0.3, 0.4) is 0 Å². The molecule has 0 aliphatic heterocycles. The Kier molecular flexibility index (Phi) is 5.84. The standard InChI is InChI=1S/C17H26FN/c1-2-4-14-7-9-17(10-8-14)19-12-11-15-5-3-6-16(18)13-15/h3,5-6,13-14,17,19H,2,4,7-12H2,1H3. The predicted octanol–water partition coefficient (Wildman–Crippen LogP) is 4.32. The third kappa shape index (κ3) is 4.94. The van der Waals surface area contributed by atoms with Gasteiger partial charge in [0.05, 0.1) is 0 Å². The molecule has 0 heterocycles. The lowest BCUT2D eigenvalue weighted by atomic mass is 9.83. The number of hydrogen-bond acceptors (Lipinski definition) is 1. The first-order valence-corrected chi connectivity index (χ1v) is 7.75. The molecule has 1 aliphatic carbocycles. The smallest absolute Gasteiger partial charge is 0.123 e. The molecule has 1 N–H and O–H groups in total. The fourth-order valence-electron chi connectivity index (χ4n) is 3.18. The van der Waals surface area contributed by atoms with E-state index in [1.807, 2.05) is 6.07 Å². The van der Waals surface area contributed by atoms with Crippen molar-refractivity contribution in [2.75, 3.05) is 6.54 Å². The SMILES string of the molecule is CCCC1CCC(NCCc2cccc(F)c2)CC1. The van der Waals surface area contributed by atoms with Gasteiger partial charge in [0.2, 0.25) is 0 Å². The molecule has 1 aromatic carbocycles. The minimum absolute atomic E-state index is 0.127. The van der Waals surface area contributed by atoms with Gasteiger partial charge in [0, 0.05) is 6.04 Å². The zero-order valence-corrected chi connectivity index (χ0v) is 12.0. The molecule has 1 saturated carbocycles. The van der Waals surface area contributed by atoms with E-state index in [0.717, 1.165) is 24.4 Å². The summed E-state index contributed by atoms with van der Waals surface area (Å²) in [7, 11) is 0. The van der Waals surface area contributed by atoms with Crippen molar-refractivity contribution >= 4 is 0 Å². The Bertz CT molecular complexity index is 369. The van der Waals surface area contributed by atoms with E-state index >= 15 is 0 Å². The van der Waals surface area contributed by atoms with Crippen molar-refractivity contribution in [3.05, 3.63) is 35.6 Å². The summed E-state index contributed by atoms with van der Waals surface area (Å²) in [5, 5.41) is 3.63. The van der Waals surface area contributed by atoms with Crippen LogP contribution in [0.15, 0.2) is 24.3 Å². The maximum Gasteiger partial charge on any atom is 0.123 e. The molecule has 1 aliphatic rings. The fraction of sp³-hybridized carbons (Fsp3) is 0.647. The zero-order valence-electron chi connectivity index (χ0n) is 12.0. The summed E-state index contributed by atoms with van der Waals surface area (Å²) in [5.41, 5.74) is 1.09. The minimum atomic E-state index is -0.127. The van der Waals surface area contributed by atoms with Gasteiger partial charge < -0.3 is 5.32 Å². The molecule has 19 heavy (non-hydrogen) atoms. The maximum absolute atomic E-state index is 13.0. The summed E-state index contributed by atoms with van der Waals surface area (Å²) in [6.07, 6.45) is 9.03. The van der Waals surface area contributed by atoms with E-state index in [-0.39, 0.29) is 5.82 Å². The van der Waals surface area contributed by atoms with Gasteiger partial charge in [0.15, 0.2) is 0 Å². The van der Waals surface area contributed by atoms with Gasteiger partial charge in [-0.05, 0) is 62.3 Å². The monoisotopic (exact) mass is 263 g/mol. The quantitative estimate of drug-likeness (QED) is 0.806. The molecule has 2 rings (SSSR count). The second kappa shape index (κ2) is 7.64. The van der Waals surface area contributed by atoms with E-state index in [9.17, 15) is 4.39 Å². The van der Waals surface area contributed by atoms with Crippen LogP contribution in [0.4, 0.5) is 4.39 Å². The molecule has 0 radical (unpaired) electrons. The first-order valence-electron chi connectivity index (χ1n) is 7.75. The van der Waals surface area contributed by atoms with Crippen LogP contribution in [0.2, 0.25) is 0 Å². The highest BCUT2D eigenvalue weighted by atomic mass is 19.1. The zero-order chi connectivity index (χ0) is 13.5. The van der Waals surface area contributed by atoms with Gasteiger partial charge in [-0.15, -0.1) is 0 Å². The van der Waals surface area contributed by atoms with Crippen LogP contribution in [0, 0.1) is 11.7 Å². The molecule has 0 atom stereocenters. The molecule has 0 spiro atoms. The van der Waals surface area contributed by atoms with Crippen molar-refractivity contribution in [2.24, 2.45) is 5.92 Å². The summed E-state index contributed by atoms with van der Waals surface area (Å²) >= 11 is 0. The Morgan fingerprint density at radius 1 is 1.21 bits per heavy atom. The van der Waals surface area contributed by atoms with Crippen LogP contribution in [0.5, 0.6) is 0 Å². The number of rotatable bonds is 6. The van der Waals surface area contributed by atoms with Gasteiger partial charge in [-0.1, -0.05) is 31.9 Å². The van der Waals surface area contributed by atoms with Gasteiger partial charge in [-0.3, -0.25) is 0 Å². The van der Waals surface area contributed by atoms with Crippen LogP contribution in [0.25, 0.3) is 0 Å². The van der Waals surface area contributed by atoms with Crippen molar-refractivity contribution in [3.8, 4) is 0 Å². The van der Waals surface area contributed by atoms with Crippen LogP contribution in [-0.2, 0) is 6.42 Å². The normalized spacial score (nSPS) is 23.5. The highest BCUT2D eigenvalue weighted by molar-refractivity contribution is 5.16. The van der Waals surface area contributed by atoms with E-state index < -0.39 is 0 Å². The highest BCUT2D eigenvalue weighted by Crippen LogP contribution is 2.27. The second-order valence-electron chi connectivity index (χ2n) is 5.84. The minimum Gasteiger partial charge on any atom is -0.314 e. The van der Waals surface area contributed by atoms with Crippen molar-refractivity contribution < 1.29 is 4.39 Å². The van der Waals surface area contributed by atoms with Crippen molar-refractivity contribution in [1.82, 2.24) is 5.32 Å². The molecule has 1 fully saturated rings. The molecule has 2 heteroatoms. The van der Waals surface area contributed by atoms with Gasteiger partial charge >= 0.3 is 0 Å². The molecule has 0 amide bonds. The Balaban J connectivity index is 1.64. The van der Waals surface area contributed by atoms with Crippen LogP contribution < -0.4 is 5.32 Å². The highest BCUT2D eigenvalue weighted by Gasteiger charge is 2.19. The lowest BCUT2D eigenvalue weighted by Gasteiger charge is -2.29. The van der Waals surface area contributed by atoms with E-state index in [4.69, 9.17) is 0 Å². The van der Waals surface area contributed by atoms with Crippen LogP contribution >= 0.6 is 0 Å². The molecular weight excluding hydrogens is 237 g/mol. The Hall–Kier alpha value is -0.890. The first kappa shape index (κ1) is 14.5. The first-order chi connectivity index (χ1) is 9.28.